The number of hydrogen-bond donors (Lipinski definition) is 1. The Balaban J connectivity index is 1.61. The molecule has 0 aliphatic carbocycles. The molecule has 0 radical (unpaired) electrons. The van der Waals surface area contributed by atoms with Crippen molar-refractivity contribution in [2.75, 3.05) is 12.4 Å². The minimum Gasteiger partial charge on any atom is -0.495 e. The molecule has 3 aromatic carbocycles. The zero-order valence-electron chi connectivity index (χ0n) is 17.2. The minimum absolute atomic E-state index is 0.286. The van der Waals surface area contributed by atoms with Crippen LogP contribution >= 0.6 is 31.9 Å². The highest BCUT2D eigenvalue weighted by Crippen LogP contribution is 2.33. The number of nitrogens with zero attached hydrogens (tertiary/aromatic N) is 1. The summed E-state index contributed by atoms with van der Waals surface area (Å²) in [6, 6.07) is 17.1. The number of amides is 1. The highest BCUT2D eigenvalue weighted by molar-refractivity contribution is 9.11. The summed E-state index contributed by atoms with van der Waals surface area (Å²) in [6.45, 7) is 4.32. The van der Waals surface area contributed by atoms with E-state index in [2.05, 4.69) is 68.1 Å². The fraction of sp³-hybridized carbons (Fsp3) is 0.167. The van der Waals surface area contributed by atoms with Gasteiger partial charge in [-0.25, -0.2) is 4.98 Å². The third-order valence-corrected chi connectivity index (χ3v) is 5.97. The van der Waals surface area contributed by atoms with Crippen LogP contribution in [0, 0.1) is 0 Å². The van der Waals surface area contributed by atoms with Crippen molar-refractivity contribution in [2.24, 2.45) is 0 Å². The molecule has 0 aliphatic rings. The number of benzene rings is 3. The van der Waals surface area contributed by atoms with Gasteiger partial charge in [0.15, 0.2) is 5.58 Å². The number of ether oxygens (including phenoxy) is 1. The van der Waals surface area contributed by atoms with E-state index >= 15 is 0 Å². The lowest BCUT2D eigenvalue weighted by molar-refractivity contribution is 0.102. The van der Waals surface area contributed by atoms with Crippen molar-refractivity contribution in [3.05, 3.63) is 74.7 Å². The van der Waals surface area contributed by atoms with Crippen LogP contribution in [-0.4, -0.2) is 18.0 Å². The fourth-order valence-electron chi connectivity index (χ4n) is 3.27. The maximum atomic E-state index is 12.9. The number of carbonyl (C=O) groups is 1. The number of rotatable bonds is 5. The zero-order valence-corrected chi connectivity index (χ0v) is 20.4. The monoisotopic (exact) mass is 542 g/mol. The average molecular weight is 544 g/mol. The minimum atomic E-state index is -0.286. The summed E-state index contributed by atoms with van der Waals surface area (Å²) in [5, 5.41) is 2.91. The smallest absolute Gasteiger partial charge is 0.259 e. The van der Waals surface area contributed by atoms with E-state index < -0.39 is 0 Å². The molecule has 4 aromatic rings. The lowest BCUT2D eigenvalue weighted by Gasteiger charge is -2.11. The average Bonchev–Trinajstić information content (AvgIpc) is 3.16. The Kier molecular flexibility index (Phi) is 6.16. The van der Waals surface area contributed by atoms with Gasteiger partial charge in [0.25, 0.3) is 5.91 Å². The van der Waals surface area contributed by atoms with Crippen molar-refractivity contribution >= 4 is 54.6 Å². The van der Waals surface area contributed by atoms with E-state index in [0.717, 1.165) is 10.0 Å². The molecular formula is C24H20Br2N2O3. The third-order valence-electron chi connectivity index (χ3n) is 4.93. The molecule has 0 atom stereocenters. The van der Waals surface area contributed by atoms with Gasteiger partial charge in [0, 0.05) is 15.7 Å². The van der Waals surface area contributed by atoms with Crippen molar-refractivity contribution in [1.29, 1.82) is 0 Å². The molecule has 5 nitrogen and oxygen atoms in total. The summed E-state index contributed by atoms with van der Waals surface area (Å²) in [5.41, 5.74) is 4.53. The van der Waals surface area contributed by atoms with Gasteiger partial charge in [-0.05, 0) is 69.9 Å². The lowest BCUT2D eigenvalue weighted by Crippen LogP contribution is -2.13. The number of anilines is 1. The molecule has 0 unspecified atom stereocenters. The molecule has 158 valence electrons. The Labute approximate surface area is 197 Å². The van der Waals surface area contributed by atoms with Gasteiger partial charge in [-0.2, -0.15) is 0 Å². The molecular weight excluding hydrogens is 524 g/mol. The molecule has 0 fully saturated rings. The topological polar surface area (TPSA) is 64.4 Å². The first kappa shape index (κ1) is 21.6. The predicted molar refractivity (Wildman–Crippen MR) is 130 cm³/mol. The summed E-state index contributed by atoms with van der Waals surface area (Å²) in [6.07, 6.45) is 0. The van der Waals surface area contributed by atoms with E-state index in [9.17, 15) is 4.79 Å². The Hall–Kier alpha value is -2.64. The molecule has 0 aliphatic heterocycles. The van der Waals surface area contributed by atoms with Gasteiger partial charge in [0.05, 0.1) is 17.1 Å². The molecule has 0 bridgehead atoms. The number of methoxy groups -OCH3 is 1. The first-order valence-electron chi connectivity index (χ1n) is 9.71. The van der Waals surface area contributed by atoms with Crippen LogP contribution in [0.5, 0.6) is 5.75 Å². The highest BCUT2D eigenvalue weighted by Gasteiger charge is 2.17. The normalized spacial score (nSPS) is 11.2. The Bertz CT molecular complexity index is 1260. The number of halogens is 2. The summed E-state index contributed by atoms with van der Waals surface area (Å²) >= 11 is 6.84. The van der Waals surface area contributed by atoms with Crippen LogP contribution < -0.4 is 10.1 Å². The summed E-state index contributed by atoms with van der Waals surface area (Å²) in [4.78, 5) is 17.5. The molecule has 7 heteroatoms. The van der Waals surface area contributed by atoms with Crippen LogP contribution in [0.25, 0.3) is 22.6 Å². The van der Waals surface area contributed by atoms with Crippen molar-refractivity contribution in [3.63, 3.8) is 0 Å². The van der Waals surface area contributed by atoms with E-state index in [1.54, 1.807) is 24.3 Å². The Morgan fingerprint density at radius 3 is 2.48 bits per heavy atom. The van der Waals surface area contributed by atoms with Crippen LogP contribution in [-0.2, 0) is 0 Å². The van der Waals surface area contributed by atoms with Crippen LogP contribution in [0.15, 0.2) is 68.0 Å². The van der Waals surface area contributed by atoms with Gasteiger partial charge in [-0.3, -0.25) is 4.79 Å². The number of carbonyl (C=O) groups excluding carboxylic acids is 1. The number of aromatic nitrogens is 1. The zero-order chi connectivity index (χ0) is 22.1. The molecule has 4 rings (SSSR count). The fourth-order valence-corrected chi connectivity index (χ4v) is 4.66. The van der Waals surface area contributed by atoms with Crippen molar-refractivity contribution in [2.45, 2.75) is 19.8 Å². The third kappa shape index (κ3) is 4.52. The molecule has 0 spiro atoms. The molecule has 31 heavy (non-hydrogen) atoms. The predicted octanol–water partition coefficient (Wildman–Crippen LogP) is 7.40. The van der Waals surface area contributed by atoms with Gasteiger partial charge < -0.3 is 14.5 Å². The molecule has 0 saturated carbocycles. The summed E-state index contributed by atoms with van der Waals surface area (Å²) < 4.78 is 12.7. The second kappa shape index (κ2) is 8.85. The van der Waals surface area contributed by atoms with Crippen LogP contribution in [0.4, 0.5) is 5.69 Å². The van der Waals surface area contributed by atoms with Crippen LogP contribution in [0.3, 0.4) is 0 Å². The molecule has 1 N–H and O–H groups in total. The van der Waals surface area contributed by atoms with E-state index in [1.807, 2.05) is 18.2 Å². The number of oxazole rings is 1. The largest absolute Gasteiger partial charge is 0.495 e. The van der Waals surface area contributed by atoms with Gasteiger partial charge in [0.2, 0.25) is 5.89 Å². The van der Waals surface area contributed by atoms with Gasteiger partial charge in [-0.1, -0.05) is 41.9 Å². The first-order valence-corrected chi connectivity index (χ1v) is 11.3. The SMILES string of the molecule is COc1c(Br)cc(Br)cc1C(=O)Nc1ccc2oc(-c3ccc(C(C)C)cc3)nc2c1. The Morgan fingerprint density at radius 2 is 1.81 bits per heavy atom. The maximum Gasteiger partial charge on any atom is 0.259 e. The molecule has 1 aromatic heterocycles. The summed E-state index contributed by atoms with van der Waals surface area (Å²) in [5.74, 6) is 1.20. The quantitative estimate of drug-likeness (QED) is 0.285. The Morgan fingerprint density at radius 1 is 1.06 bits per heavy atom. The van der Waals surface area contributed by atoms with E-state index in [4.69, 9.17) is 9.15 Å². The van der Waals surface area contributed by atoms with E-state index in [1.165, 1.54) is 12.7 Å². The second-order valence-corrected chi connectivity index (χ2v) is 9.17. The van der Waals surface area contributed by atoms with E-state index in [0.29, 0.717) is 44.4 Å². The standard InChI is InChI=1S/C24H20Br2N2O3/c1-13(2)14-4-6-15(7-5-14)24-28-20-12-17(8-9-21(20)31-24)27-23(29)18-10-16(25)11-19(26)22(18)30-3/h4-13H,1-3H3,(H,27,29). The van der Waals surface area contributed by atoms with Crippen molar-refractivity contribution < 1.29 is 13.9 Å². The molecule has 1 heterocycles. The van der Waals surface area contributed by atoms with Crippen molar-refractivity contribution in [3.8, 4) is 17.2 Å². The first-order chi connectivity index (χ1) is 14.9. The molecule has 0 saturated heterocycles. The van der Waals surface area contributed by atoms with E-state index in [-0.39, 0.29) is 5.91 Å². The number of nitrogens with one attached hydrogen (secondary N) is 1. The number of hydrogen-bond acceptors (Lipinski definition) is 4. The maximum absolute atomic E-state index is 12.9. The highest BCUT2D eigenvalue weighted by atomic mass is 79.9. The van der Waals surface area contributed by atoms with Gasteiger partial charge in [0.1, 0.15) is 11.3 Å². The number of fused-ring (bicyclic) bond motifs is 1. The van der Waals surface area contributed by atoms with Gasteiger partial charge >= 0.3 is 0 Å². The molecule has 1 amide bonds. The summed E-state index contributed by atoms with van der Waals surface area (Å²) in [7, 11) is 1.53. The second-order valence-electron chi connectivity index (χ2n) is 7.40. The van der Waals surface area contributed by atoms with Crippen LogP contribution in [0.1, 0.15) is 35.7 Å². The lowest BCUT2D eigenvalue weighted by atomic mass is 10.0. The van der Waals surface area contributed by atoms with Crippen LogP contribution in [0.2, 0.25) is 0 Å². The van der Waals surface area contributed by atoms with Gasteiger partial charge in [-0.15, -0.1) is 0 Å². The van der Waals surface area contributed by atoms with Crippen molar-refractivity contribution in [1.82, 2.24) is 4.98 Å².